The minimum absolute atomic E-state index is 0.111. The van der Waals surface area contributed by atoms with E-state index in [1.807, 2.05) is 0 Å². The fourth-order valence-corrected chi connectivity index (χ4v) is 1.45. The largest absolute Gasteiger partial charge is 0.348 e. The zero-order valence-corrected chi connectivity index (χ0v) is 9.23. The van der Waals surface area contributed by atoms with Gasteiger partial charge in [-0.2, -0.15) is 0 Å². The van der Waals surface area contributed by atoms with Crippen molar-refractivity contribution < 1.29 is 14.5 Å². The molecule has 1 aliphatic carbocycles. The molecule has 1 amide bonds. The Labute approximate surface area is 93.1 Å². The Hall–Kier alpha value is -1.69. The highest BCUT2D eigenvalue weighted by atomic mass is 16.7. The summed E-state index contributed by atoms with van der Waals surface area (Å²) in [6.07, 6.45) is 4.55. The predicted molar refractivity (Wildman–Crippen MR) is 57.0 cm³/mol. The average molecular weight is 226 g/mol. The van der Waals surface area contributed by atoms with Gasteiger partial charge < -0.3 is 10.1 Å². The summed E-state index contributed by atoms with van der Waals surface area (Å²) in [7, 11) is 0. The van der Waals surface area contributed by atoms with Crippen LogP contribution in [0, 0.1) is 10.1 Å². The van der Waals surface area contributed by atoms with Crippen LogP contribution < -0.4 is 5.32 Å². The van der Waals surface area contributed by atoms with E-state index in [9.17, 15) is 14.9 Å². The van der Waals surface area contributed by atoms with Crippen molar-refractivity contribution >= 4 is 5.91 Å². The van der Waals surface area contributed by atoms with Crippen molar-refractivity contribution in [3.63, 3.8) is 0 Å². The fraction of sp³-hybridized carbons (Fsp3) is 0.500. The zero-order chi connectivity index (χ0) is 12.2. The first-order chi connectivity index (χ1) is 7.50. The number of nitrogens with one attached hydrogen (secondary N) is 1. The lowest BCUT2D eigenvalue weighted by Gasteiger charge is -2.23. The van der Waals surface area contributed by atoms with Gasteiger partial charge in [0.05, 0.1) is 18.0 Å². The van der Waals surface area contributed by atoms with E-state index < -0.39 is 10.6 Å². The lowest BCUT2D eigenvalue weighted by Crippen LogP contribution is -2.40. The van der Waals surface area contributed by atoms with Gasteiger partial charge in [0.2, 0.25) is 5.91 Å². The normalized spacial score (nSPS) is 23.8. The highest BCUT2D eigenvalue weighted by Crippen LogP contribution is 2.24. The first kappa shape index (κ1) is 12.4. The van der Waals surface area contributed by atoms with E-state index in [4.69, 9.17) is 4.74 Å². The third-order valence-electron chi connectivity index (χ3n) is 2.16. The van der Waals surface area contributed by atoms with Gasteiger partial charge in [0.25, 0.3) is 0 Å². The molecule has 0 aliphatic heterocycles. The van der Waals surface area contributed by atoms with Gasteiger partial charge in [0, 0.05) is 18.7 Å². The number of amides is 1. The fourth-order valence-electron chi connectivity index (χ4n) is 1.45. The summed E-state index contributed by atoms with van der Waals surface area (Å²) in [6, 6.07) is 0. The molecule has 0 spiro atoms. The third kappa shape index (κ3) is 2.66. The van der Waals surface area contributed by atoms with Crippen LogP contribution in [-0.2, 0) is 9.53 Å². The van der Waals surface area contributed by atoms with E-state index in [0.717, 1.165) is 0 Å². The number of hydrogen-bond donors (Lipinski definition) is 1. The van der Waals surface area contributed by atoms with Crippen molar-refractivity contribution in [2.45, 2.75) is 26.0 Å². The molecule has 16 heavy (non-hydrogen) atoms. The van der Waals surface area contributed by atoms with Crippen LogP contribution in [-0.4, -0.2) is 23.2 Å². The Morgan fingerprint density at radius 2 is 2.44 bits per heavy atom. The first-order valence-corrected chi connectivity index (χ1v) is 4.95. The molecule has 1 N–H and O–H groups in total. The molecule has 0 aromatic heterocycles. The highest BCUT2D eigenvalue weighted by molar-refractivity contribution is 5.75. The number of carbonyl (C=O) groups excluding carboxylic acids is 1. The molecule has 88 valence electrons. The summed E-state index contributed by atoms with van der Waals surface area (Å²) in [5, 5.41) is 13.5. The minimum Gasteiger partial charge on any atom is -0.327 e. The second-order valence-electron chi connectivity index (χ2n) is 3.41. The smallest absolute Gasteiger partial charge is 0.327 e. The van der Waals surface area contributed by atoms with Crippen molar-refractivity contribution in [2.24, 2.45) is 0 Å². The van der Waals surface area contributed by atoms with Crippen molar-refractivity contribution in [3.8, 4) is 0 Å². The molecule has 1 atom stereocenters. The van der Waals surface area contributed by atoms with Gasteiger partial charge in [-0.15, -0.1) is 0 Å². The Kier molecular flexibility index (Phi) is 3.78. The summed E-state index contributed by atoms with van der Waals surface area (Å²) >= 11 is 0. The molecular formula is C10H14N2O4. The Bertz CT molecular complexity index is 362. The zero-order valence-electron chi connectivity index (χ0n) is 9.23. The van der Waals surface area contributed by atoms with E-state index in [1.54, 1.807) is 13.0 Å². The van der Waals surface area contributed by atoms with Crippen LogP contribution in [0.4, 0.5) is 0 Å². The first-order valence-electron chi connectivity index (χ1n) is 4.95. The molecule has 1 unspecified atom stereocenters. The van der Waals surface area contributed by atoms with Gasteiger partial charge in [-0.1, -0.05) is 6.08 Å². The second kappa shape index (κ2) is 4.89. The maximum absolute atomic E-state index is 10.9. The molecule has 0 fully saturated rings. The molecule has 0 saturated heterocycles. The summed E-state index contributed by atoms with van der Waals surface area (Å²) in [6.45, 7) is 3.34. The molecule has 0 radical (unpaired) electrons. The molecular weight excluding hydrogens is 212 g/mol. The monoisotopic (exact) mass is 226 g/mol. The molecule has 1 rings (SSSR count). The summed E-state index contributed by atoms with van der Waals surface area (Å²) in [4.78, 5) is 21.2. The highest BCUT2D eigenvalue weighted by Gasteiger charge is 2.41. The van der Waals surface area contributed by atoms with Crippen LogP contribution in [0.15, 0.2) is 23.9 Å². The number of allylic oxidation sites excluding steroid dienone is 1. The van der Waals surface area contributed by atoms with Crippen molar-refractivity contribution in [1.29, 1.82) is 0 Å². The van der Waals surface area contributed by atoms with E-state index in [1.165, 1.54) is 19.1 Å². The number of hydrogen-bond acceptors (Lipinski definition) is 4. The number of rotatable bonds is 4. The molecule has 6 nitrogen and oxygen atoms in total. The van der Waals surface area contributed by atoms with Crippen LogP contribution in [0.2, 0.25) is 0 Å². The van der Waals surface area contributed by atoms with E-state index in [-0.39, 0.29) is 18.9 Å². The van der Waals surface area contributed by atoms with Gasteiger partial charge in [0.15, 0.2) is 0 Å². The standard InChI is InChI=1S/C10H14N2O4/c1-3-16-10(12(14)15)6-4-9(5-7-10)11-8(2)13/h4-6H,3,7H2,1-2H3,(H,11,13). The Balaban J connectivity index is 2.77. The van der Waals surface area contributed by atoms with Crippen LogP contribution >= 0.6 is 0 Å². The van der Waals surface area contributed by atoms with Crippen molar-refractivity contribution in [3.05, 3.63) is 34.0 Å². The molecule has 0 saturated carbocycles. The second-order valence-corrected chi connectivity index (χ2v) is 3.41. The van der Waals surface area contributed by atoms with Gasteiger partial charge >= 0.3 is 5.72 Å². The van der Waals surface area contributed by atoms with Gasteiger partial charge in [-0.05, 0) is 13.0 Å². The number of carbonyl (C=O) groups is 1. The minimum atomic E-state index is -1.49. The maximum Gasteiger partial charge on any atom is 0.348 e. The molecule has 0 bridgehead atoms. The lowest BCUT2D eigenvalue weighted by molar-refractivity contribution is -0.612. The molecule has 0 aromatic carbocycles. The van der Waals surface area contributed by atoms with Crippen molar-refractivity contribution in [2.75, 3.05) is 6.61 Å². The quantitative estimate of drug-likeness (QED) is 0.440. The number of nitrogens with zero attached hydrogens (tertiary/aromatic N) is 1. The maximum atomic E-state index is 10.9. The third-order valence-corrected chi connectivity index (χ3v) is 2.16. The van der Waals surface area contributed by atoms with E-state index >= 15 is 0 Å². The number of nitro groups is 1. The van der Waals surface area contributed by atoms with E-state index in [2.05, 4.69) is 5.32 Å². The van der Waals surface area contributed by atoms with Crippen LogP contribution in [0.3, 0.4) is 0 Å². The van der Waals surface area contributed by atoms with Crippen LogP contribution in [0.25, 0.3) is 0 Å². The average Bonchev–Trinajstić information content (AvgIpc) is 2.20. The Morgan fingerprint density at radius 1 is 1.75 bits per heavy atom. The lowest BCUT2D eigenvalue weighted by atomic mass is 10.0. The molecule has 6 heteroatoms. The van der Waals surface area contributed by atoms with Crippen LogP contribution in [0.5, 0.6) is 0 Å². The molecule has 1 aliphatic rings. The van der Waals surface area contributed by atoms with Gasteiger partial charge in [-0.25, -0.2) is 0 Å². The van der Waals surface area contributed by atoms with E-state index in [0.29, 0.717) is 5.70 Å². The summed E-state index contributed by atoms with van der Waals surface area (Å²) in [5.41, 5.74) is -0.929. The van der Waals surface area contributed by atoms with Gasteiger partial charge in [-0.3, -0.25) is 14.9 Å². The topological polar surface area (TPSA) is 81.5 Å². The Morgan fingerprint density at radius 3 is 2.81 bits per heavy atom. The van der Waals surface area contributed by atoms with Crippen molar-refractivity contribution in [1.82, 2.24) is 5.32 Å². The number of ether oxygens (including phenoxy) is 1. The SMILES string of the molecule is CCOC1([N+](=O)[O-])C=CC(NC(C)=O)=CC1. The molecule has 0 heterocycles. The predicted octanol–water partition coefficient (Wildman–Crippen LogP) is 0.976. The molecule has 0 aromatic rings. The van der Waals surface area contributed by atoms with Gasteiger partial charge in [0.1, 0.15) is 0 Å². The summed E-state index contributed by atoms with van der Waals surface area (Å²) < 4.78 is 5.14. The van der Waals surface area contributed by atoms with Crippen LogP contribution in [0.1, 0.15) is 20.3 Å². The summed E-state index contributed by atoms with van der Waals surface area (Å²) in [5.74, 6) is -0.207.